The van der Waals surface area contributed by atoms with Gasteiger partial charge in [0.15, 0.2) is 0 Å². The number of rotatable bonds is 13. The third-order valence-corrected chi connectivity index (χ3v) is 4.44. The van der Waals surface area contributed by atoms with E-state index in [9.17, 15) is 4.79 Å². The Morgan fingerprint density at radius 2 is 1.30 bits per heavy atom. The van der Waals surface area contributed by atoms with Crippen molar-refractivity contribution in [3.63, 3.8) is 0 Å². The summed E-state index contributed by atoms with van der Waals surface area (Å²) in [6, 6.07) is 7.92. The van der Waals surface area contributed by atoms with Crippen molar-refractivity contribution in [2.24, 2.45) is 0 Å². The number of carbonyl (C=O) groups excluding carboxylic acids is 1. The van der Waals surface area contributed by atoms with Gasteiger partial charge < -0.3 is 5.32 Å². The lowest BCUT2D eigenvalue weighted by Gasteiger charge is -2.06. The number of carbonyl (C=O) groups is 1. The molecule has 1 aromatic rings. The monoisotopic (exact) mass is 317 g/mol. The molecule has 0 bridgehead atoms. The zero-order valence-electron chi connectivity index (χ0n) is 15.2. The molecule has 2 heteroatoms. The molecule has 0 fully saturated rings. The van der Waals surface area contributed by atoms with Crippen LogP contribution in [0.5, 0.6) is 0 Å². The van der Waals surface area contributed by atoms with Crippen LogP contribution in [0.2, 0.25) is 0 Å². The van der Waals surface area contributed by atoms with E-state index in [4.69, 9.17) is 0 Å². The smallest absolute Gasteiger partial charge is 0.251 e. The van der Waals surface area contributed by atoms with Gasteiger partial charge in [-0.05, 0) is 30.5 Å². The average Bonchev–Trinajstić information content (AvgIpc) is 2.59. The van der Waals surface area contributed by atoms with Gasteiger partial charge in [0.05, 0.1) is 0 Å². The number of unbranched alkanes of at least 4 members (excludes halogenated alkanes) is 9. The van der Waals surface area contributed by atoms with Crippen LogP contribution in [0.15, 0.2) is 24.3 Å². The van der Waals surface area contributed by atoms with E-state index in [1.807, 2.05) is 24.3 Å². The molecular formula is C21H35NO. The first-order valence-electron chi connectivity index (χ1n) is 9.65. The second-order valence-electron chi connectivity index (χ2n) is 6.49. The molecule has 2 nitrogen and oxygen atoms in total. The van der Waals surface area contributed by atoms with Gasteiger partial charge in [-0.1, -0.05) is 83.8 Å². The lowest BCUT2D eigenvalue weighted by atomic mass is 10.1. The van der Waals surface area contributed by atoms with Crippen LogP contribution in [0.25, 0.3) is 0 Å². The molecule has 1 amide bonds. The van der Waals surface area contributed by atoms with Crippen molar-refractivity contribution in [3.8, 4) is 0 Å². The topological polar surface area (TPSA) is 29.1 Å². The third kappa shape index (κ3) is 9.43. The van der Waals surface area contributed by atoms with Crippen LogP contribution in [-0.2, 0) is 6.42 Å². The summed E-state index contributed by atoms with van der Waals surface area (Å²) >= 11 is 0. The van der Waals surface area contributed by atoms with Crippen molar-refractivity contribution in [2.75, 3.05) is 6.54 Å². The van der Waals surface area contributed by atoms with Gasteiger partial charge in [0.25, 0.3) is 5.91 Å². The van der Waals surface area contributed by atoms with Crippen molar-refractivity contribution < 1.29 is 4.79 Å². The van der Waals surface area contributed by atoms with Crippen LogP contribution in [0.1, 0.15) is 94.0 Å². The predicted octanol–water partition coefficient (Wildman–Crippen LogP) is 5.90. The summed E-state index contributed by atoms with van der Waals surface area (Å²) in [5.74, 6) is 0.0589. The normalized spacial score (nSPS) is 10.7. The zero-order valence-corrected chi connectivity index (χ0v) is 15.2. The number of benzene rings is 1. The van der Waals surface area contributed by atoms with Gasteiger partial charge in [0.1, 0.15) is 0 Å². The summed E-state index contributed by atoms with van der Waals surface area (Å²) in [7, 11) is 0. The summed E-state index contributed by atoms with van der Waals surface area (Å²) in [4.78, 5) is 12.0. The minimum absolute atomic E-state index is 0.0589. The van der Waals surface area contributed by atoms with Crippen molar-refractivity contribution >= 4 is 5.91 Å². The average molecular weight is 318 g/mol. The highest BCUT2D eigenvalue weighted by Crippen LogP contribution is 2.10. The molecule has 0 aliphatic heterocycles. The molecule has 0 heterocycles. The van der Waals surface area contributed by atoms with Crippen LogP contribution in [-0.4, -0.2) is 12.5 Å². The largest absolute Gasteiger partial charge is 0.352 e. The lowest BCUT2D eigenvalue weighted by Crippen LogP contribution is -2.24. The van der Waals surface area contributed by atoms with Crippen LogP contribution in [0.3, 0.4) is 0 Å². The number of amides is 1. The van der Waals surface area contributed by atoms with Crippen molar-refractivity contribution in [3.05, 3.63) is 35.4 Å². The van der Waals surface area contributed by atoms with Gasteiger partial charge in [-0.25, -0.2) is 0 Å². The quantitative estimate of drug-likeness (QED) is 0.451. The lowest BCUT2D eigenvalue weighted by molar-refractivity contribution is 0.0953. The van der Waals surface area contributed by atoms with E-state index < -0.39 is 0 Å². The summed E-state index contributed by atoms with van der Waals surface area (Å²) in [6.45, 7) is 5.18. The molecular weight excluding hydrogens is 282 g/mol. The first-order valence-corrected chi connectivity index (χ1v) is 9.65. The molecule has 0 spiro atoms. The highest BCUT2D eigenvalue weighted by molar-refractivity contribution is 5.94. The van der Waals surface area contributed by atoms with Crippen molar-refractivity contribution in [1.29, 1.82) is 0 Å². The standard InChI is InChI=1S/C21H35NO/c1-3-5-6-7-8-9-10-11-12-13-18-22-21(23)20-16-14-19(4-2)15-17-20/h14-17H,3-13,18H2,1-2H3,(H,22,23). The first-order chi connectivity index (χ1) is 11.3. The second-order valence-corrected chi connectivity index (χ2v) is 6.49. The molecule has 0 aliphatic carbocycles. The molecule has 1 rings (SSSR count). The summed E-state index contributed by atoms with van der Waals surface area (Å²) < 4.78 is 0. The molecule has 0 saturated heterocycles. The highest BCUT2D eigenvalue weighted by Gasteiger charge is 2.03. The number of hydrogen-bond acceptors (Lipinski definition) is 1. The number of aryl methyl sites for hydroxylation is 1. The summed E-state index contributed by atoms with van der Waals surface area (Å²) in [5, 5.41) is 3.02. The predicted molar refractivity (Wildman–Crippen MR) is 100.0 cm³/mol. The van der Waals surface area contributed by atoms with E-state index in [-0.39, 0.29) is 5.91 Å². The minimum atomic E-state index is 0.0589. The third-order valence-electron chi connectivity index (χ3n) is 4.44. The van der Waals surface area contributed by atoms with E-state index in [1.165, 1.54) is 63.4 Å². The van der Waals surface area contributed by atoms with E-state index in [0.717, 1.165) is 24.9 Å². The van der Waals surface area contributed by atoms with Crippen LogP contribution >= 0.6 is 0 Å². The zero-order chi connectivity index (χ0) is 16.8. The molecule has 0 aliphatic rings. The summed E-state index contributed by atoms with van der Waals surface area (Å²) in [5.41, 5.74) is 2.05. The Hall–Kier alpha value is -1.31. The van der Waals surface area contributed by atoms with Gasteiger partial charge >= 0.3 is 0 Å². The van der Waals surface area contributed by atoms with Gasteiger partial charge in [0, 0.05) is 12.1 Å². The SMILES string of the molecule is CCCCCCCCCCCCNC(=O)c1ccc(CC)cc1. The molecule has 1 aromatic carbocycles. The van der Waals surface area contributed by atoms with Crippen LogP contribution in [0, 0.1) is 0 Å². The van der Waals surface area contributed by atoms with Gasteiger partial charge in [0.2, 0.25) is 0 Å². The second kappa shape index (κ2) is 13.2. The molecule has 1 N–H and O–H groups in total. The van der Waals surface area contributed by atoms with E-state index in [0.29, 0.717) is 0 Å². The minimum Gasteiger partial charge on any atom is -0.352 e. The molecule has 130 valence electrons. The Balaban J connectivity index is 1.97. The van der Waals surface area contributed by atoms with Crippen molar-refractivity contribution in [2.45, 2.75) is 84.5 Å². The molecule has 0 saturated carbocycles. The van der Waals surface area contributed by atoms with E-state index in [1.54, 1.807) is 0 Å². The maximum atomic E-state index is 12.0. The maximum absolute atomic E-state index is 12.0. The molecule has 0 aromatic heterocycles. The number of hydrogen-bond donors (Lipinski definition) is 1. The Morgan fingerprint density at radius 3 is 1.83 bits per heavy atom. The van der Waals surface area contributed by atoms with Crippen LogP contribution < -0.4 is 5.32 Å². The maximum Gasteiger partial charge on any atom is 0.251 e. The molecule has 0 unspecified atom stereocenters. The summed E-state index contributed by atoms with van der Waals surface area (Å²) in [6.07, 6.45) is 14.3. The fourth-order valence-electron chi connectivity index (χ4n) is 2.81. The number of nitrogens with one attached hydrogen (secondary N) is 1. The fraction of sp³-hybridized carbons (Fsp3) is 0.667. The molecule has 0 radical (unpaired) electrons. The highest BCUT2D eigenvalue weighted by atomic mass is 16.1. The van der Waals surface area contributed by atoms with Crippen molar-refractivity contribution in [1.82, 2.24) is 5.32 Å². The van der Waals surface area contributed by atoms with Gasteiger partial charge in [-0.3, -0.25) is 4.79 Å². The van der Waals surface area contributed by atoms with Crippen LogP contribution in [0.4, 0.5) is 0 Å². The Morgan fingerprint density at radius 1 is 0.783 bits per heavy atom. The fourth-order valence-corrected chi connectivity index (χ4v) is 2.81. The Bertz CT molecular complexity index is 410. The Kier molecular flexibility index (Phi) is 11.3. The molecule has 23 heavy (non-hydrogen) atoms. The molecule has 0 atom stereocenters. The first kappa shape index (κ1) is 19.7. The van der Waals surface area contributed by atoms with E-state index >= 15 is 0 Å². The van der Waals surface area contributed by atoms with Gasteiger partial charge in [-0.15, -0.1) is 0 Å². The Labute approximate surface area is 143 Å². The van der Waals surface area contributed by atoms with Gasteiger partial charge in [-0.2, -0.15) is 0 Å². The van der Waals surface area contributed by atoms with E-state index in [2.05, 4.69) is 19.2 Å².